The normalized spacial score (nSPS) is 13.7. The lowest BCUT2D eigenvalue weighted by Gasteiger charge is -2.17. The van der Waals surface area contributed by atoms with E-state index < -0.39 is 0 Å². The third kappa shape index (κ3) is 4.26. The van der Waals surface area contributed by atoms with Gasteiger partial charge in [0.05, 0.1) is 16.8 Å². The van der Waals surface area contributed by atoms with Crippen LogP contribution in [0.1, 0.15) is 38.4 Å². The molecule has 0 saturated carbocycles. The maximum Gasteiger partial charge on any atom is 0.264 e. The molecule has 3 aromatic heterocycles. The number of fused-ring (bicyclic) bond motifs is 3. The zero-order valence-electron chi connectivity index (χ0n) is 20.3. The molecule has 0 radical (unpaired) electrons. The molecule has 2 aromatic carbocycles. The van der Waals surface area contributed by atoms with E-state index in [-0.39, 0.29) is 11.7 Å². The maximum absolute atomic E-state index is 13.8. The number of hydrogen-bond donors (Lipinski definition) is 2. The molecule has 0 bridgehead atoms. The molecular formula is C30H23ClFN5O. The molecule has 1 aliphatic heterocycles. The fourth-order valence-electron chi connectivity index (χ4n) is 5.03. The molecule has 0 spiro atoms. The Morgan fingerprint density at radius 3 is 2.47 bits per heavy atom. The van der Waals surface area contributed by atoms with Crippen molar-refractivity contribution in [1.29, 1.82) is 0 Å². The number of pyridine rings is 2. The van der Waals surface area contributed by atoms with Gasteiger partial charge in [-0.15, -0.1) is 0 Å². The number of carbonyl (C=O) groups is 1. The number of rotatable bonds is 4. The van der Waals surface area contributed by atoms with Gasteiger partial charge in [-0.05, 0) is 96.4 Å². The Balaban J connectivity index is 1.43. The van der Waals surface area contributed by atoms with Crippen molar-refractivity contribution in [1.82, 2.24) is 19.9 Å². The number of benzene rings is 2. The summed E-state index contributed by atoms with van der Waals surface area (Å²) in [7, 11) is 0. The summed E-state index contributed by atoms with van der Waals surface area (Å²) in [5.74, 6) is -0.507. The van der Waals surface area contributed by atoms with Gasteiger partial charge in [-0.25, -0.2) is 4.39 Å². The van der Waals surface area contributed by atoms with Gasteiger partial charge >= 0.3 is 0 Å². The molecule has 0 aliphatic carbocycles. The largest absolute Gasteiger partial charge is 0.398 e. The van der Waals surface area contributed by atoms with Crippen LogP contribution in [0.5, 0.6) is 0 Å². The van der Waals surface area contributed by atoms with E-state index in [0.717, 1.165) is 40.7 Å². The number of nitrogens with zero attached hydrogens (tertiary/aromatic N) is 3. The van der Waals surface area contributed by atoms with Crippen LogP contribution < -0.4 is 11.1 Å². The molecule has 6 rings (SSSR count). The van der Waals surface area contributed by atoms with Gasteiger partial charge < -0.3 is 11.1 Å². The number of aromatic nitrogens is 3. The van der Waals surface area contributed by atoms with Crippen molar-refractivity contribution >= 4 is 39.7 Å². The molecule has 0 atom stereocenters. The first kappa shape index (κ1) is 24.0. The van der Waals surface area contributed by atoms with Crippen LogP contribution in [0.4, 0.5) is 4.39 Å². The number of nitrogens with one attached hydrogen (secondary N) is 1. The zero-order valence-corrected chi connectivity index (χ0v) is 21.0. The first-order valence-electron chi connectivity index (χ1n) is 12.2. The van der Waals surface area contributed by atoms with E-state index in [0.29, 0.717) is 39.7 Å². The molecule has 5 aromatic rings. The van der Waals surface area contributed by atoms with Crippen molar-refractivity contribution in [2.45, 2.75) is 13.0 Å². The highest BCUT2D eigenvalue weighted by molar-refractivity contribution is 6.31. The van der Waals surface area contributed by atoms with Crippen LogP contribution in [-0.4, -0.2) is 27.0 Å². The minimum absolute atomic E-state index is 0.165. The van der Waals surface area contributed by atoms with Gasteiger partial charge in [-0.3, -0.25) is 19.3 Å². The second kappa shape index (κ2) is 9.85. The van der Waals surface area contributed by atoms with Gasteiger partial charge in [0.1, 0.15) is 5.82 Å². The minimum Gasteiger partial charge on any atom is -0.398 e. The summed E-state index contributed by atoms with van der Waals surface area (Å²) in [6, 6.07) is 18.8. The molecule has 0 amide bonds. The fraction of sp³-hybridized carbons (Fsp3) is 0.100. The Kier molecular flexibility index (Phi) is 6.23. The van der Waals surface area contributed by atoms with Crippen molar-refractivity contribution < 1.29 is 9.18 Å². The van der Waals surface area contributed by atoms with Crippen molar-refractivity contribution in [2.75, 3.05) is 6.54 Å². The van der Waals surface area contributed by atoms with Gasteiger partial charge in [-0.2, -0.15) is 0 Å². The van der Waals surface area contributed by atoms with Gasteiger partial charge in [0.25, 0.3) is 5.91 Å². The summed E-state index contributed by atoms with van der Waals surface area (Å²) >= 11 is 6.29. The lowest BCUT2D eigenvalue weighted by Crippen LogP contribution is -2.27. The van der Waals surface area contributed by atoms with Crippen LogP contribution in [0.3, 0.4) is 0 Å². The van der Waals surface area contributed by atoms with E-state index in [1.165, 1.54) is 12.1 Å². The van der Waals surface area contributed by atoms with Crippen LogP contribution in [0.15, 0.2) is 85.3 Å². The van der Waals surface area contributed by atoms with Crippen LogP contribution in [-0.2, 0) is 13.0 Å². The standard InChI is InChI=1S/C30H23ClFN5O/c31-21-4-8-26-24(15-21)23-11-14-35-17-27(23)37(26)30(38)20-3-7-25(36-16-20)28(18-9-12-34-13-10-18)29(33)19-1-5-22(32)6-2-19/h1-10,12-13,15-16,35H,11,14,17,33H2/b29-28-. The topological polar surface area (TPSA) is 85.8 Å². The molecule has 8 heteroatoms. The quantitative estimate of drug-likeness (QED) is 0.328. The Labute approximate surface area is 223 Å². The second-order valence-electron chi connectivity index (χ2n) is 9.12. The summed E-state index contributed by atoms with van der Waals surface area (Å²) in [6.45, 7) is 1.45. The molecule has 0 saturated heterocycles. The first-order valence-corrected chi connectivity index (χ1v) is 12.6. The maximum atomic E-state index is 13.8. The van der Waals surface area contributed by atoms with Crippen LogP contribution >= 0.6 is 11.6 Å². The number of halogens is 2. The summed E-state index contributed by atoms with van der Waals surface area (Å²) < 4.78 is 15.3. The van der Waals surface area contributed by atoms with Gasteiger partial charge in [-0.1, -0.05) is 11.6 Å². The SMILES string of the molecule is N/C(=C(/c1ccncc1)c1ccc(C(=O)n2c3c(c4cc(Cl)ccc42)CCNC3)cn1)c1ccc(F)cc1. The van der Waals surface area contributed by atoms with E-state index in [1.807, 2.05) is 24.3 Å². The fourth-order valence-corrected chi connectivity index (χ4v) is 5.20. The number of hydrogen-bond acceptors (Lipinski definition) is 5. The second-order valence-corrected chi connectivity index (χ2v) is 9.55. The Morgan fingerprint density at radius 1 is 0.974 bits per heavy atom. The average molecular weight is 524 g/mol. The highest BCUT2D eigenvalue weighted by Gasteiger charge is 2.25. The van der Waals surface area contributed by atoms with E-state index in [1.54, 1.807) is 53.5 Å². The Bertz CT molecular complexity index is 1690. The monoisotopic (exact) mass is 523 g/mol. The molecule has 4 heterocycles. The summed E-state index contributed by atoms with van der Waals surface area (Å²) in [6.07, 6.45) is 5.74. The highest BCUT2D eigenvalue weighted by Crippen LogP contribution is 2.32. The third-order valence-electron chi connectivity index (χ3n) is 6.85. The van der Waals surface area contributed by atoms with Gasteiger partial charge in [0.15, 0.2) is 0 Å². The van der Waals surface area contributed by atoms with Crippen molar-refractivity contribution in [2.24, 2.45) is 5.73 Å². The molecular weight excluding hydrogens is 501 g/mol. The van der Waals surface area contributed by atoms with Crippen LogP contribution in [0.2, 0.25) is 5.02 Å². The molecule has 6 nitrogen and oxygen atoms in total. The summed E-state index contributed by atoms with van der Waals surface area (Å²) in [5.41, 5.74) is 13.1. The lowest BCUT2D eigenvalue weighted by molar-refractivity contribution is 0.0961. The summed E-state index contributed by atoms with van der Waals surface area (Å²) in [4.78, 5) is 22.6. The van der Waals surface area contributed by atoms with Gasteiger partial charge in [0, 0.05) is 52.5 Å². The van der Waals surface area contributed by atoms with Crippen molar-refractivity contribution in [3.8, 4) is 0 Å². The number of carbonyl (C=O) groups excluding carboxylic acids is 1. The molecule has 1 aliphatic rings. The first-order chi connectivity index (χ1) is 18.5. The molecule has 3 N–H and O–H groups in total. The van der Waals surface area contributed by atoms with Crippen LogP contribution in [0.25, 0.3) is 22.2 Å². The third-order valence-corrected chi connectivity index (χ3v) is 7.09. The predicted octanol–water partition coefficient (Wildman–Crippen LogP) is 5.43. The van der Waals surface area contributed by atoms with Gasteiger partial charge in [0.2, 0.25) is 0 Å². The van der Waals surface area contributed by atoms with E-state index in [9.17, 15) is 9.18 Å². The number of nitrogens with two attached hydrogens (primary N) is 1. The predicted molar refractivity (Wildman–Crippen MR) is 147 cm³/mol. The van der Waals surface area contributed by atoms with Crippen LogP contribution in [0, 0.1) is 5.82 Å². The lowest BCUT2D eigenvalue weighted by atomic mass is 9.97. The van der Waals surface area contributed by atoms with E-state index in [2.05, 4.69) is 15.3 Å². The van der Waals surface area contributed by atoms with E-state index in [4.69, 9.17) is 17.3 Å². The van der Waals surface area contributed by atoms with Crippen molar-refractivity contribution in [3.05, 3.63) is 130 Å². The van der Waals surface area contributed by atoms with E-state index >= 15 is 0 Å². The zero-order chi connectivity index (χ0) is 26.2. The molecule has 188 valence electrons. The Morgan fingerprint density at radius 2 is 1.74 bits per heavy atom. The minimum atomic E-state index is -0.342. The highest BCUT2D eigenvalue weighted by atomic mass is 35.5. The average Bonchev–Trinajstić information content (AvgIpc) is 3.27. The molecule has 0 unspecified atom stereocenters. The smallest absolute Gasteiger partial charge is 0.264 e. The molecule has 38 heavy (non-hydrogen) atoms. The van der Waals surface area contributed by atoms with Crippen molar-refractivity contribution in [3.63, 3.8) is 0 Å². The summed E-state index contributed by atoms with van der Waals surface area (Å²) in [5, 5.41) is 5.01. The Hall–Kier alpha value is -4.33. The molecule has 0 fully saturated rings.